The highest BCUT2D eigenvalue weighted by molar-refractivity contribution is 9.10. The van der Waals surface area contributed by atoms with Crippen LogP contribution in [0.25, 0.3) is 17.0 Å². The number of benzene rings is 2. The molecule has 1 aromatic heterocycles. The van der Waals surface area contributed by atoms with Crippen molar-refractivity contribution in [1.82, 2.24) is 14.4 Å². The Morgan fingerprint density at radius 3 is 2.60 bits per heavy atom. The summed E-state index contributed by atoms with van der Waals surface area (Å²) in [5.74, 6) is 0.470. The number of hydrogen-bond acceptors (Lipinski definition) is 4. The summed E-state index contributed by atoms with van der Waals surface area (Å²) < 4.78 is 2.85. The number of amides is 3. The molecule has 0 N–H and O–H groups in total. The van der Waals surface area contributed by atoms with Crippen LogP contribution in [0.1, 0.15) is 30.9 Å². The number of halogens is 1. The fourth-order valence-corrected chi connectivity index (χ4v) is 5.78. The molecule has 35 heavy (non-hydrogen) atoms. The van der Waals surface area contributed by atoms with Crippen LogP contribution < -0.4 is 0 Å². The number of rotatable bonds is 5. The van der Waals surface area contributed by atoms with E-state index in [9.17, 15) is 14.4 Å². The van der Waals surface area contributed by atoms with Crippen molar-refractivity contribution < 1.29 is 14.4 Å². The molecule has 5 rings (SSSR count). The van der Waals surface area contributed by atoms with Gasteiger partial charge in [0.05, 0.1) is 11.4 Å². The second kappa shape index (κ2) is 10.0. The quantitative estimate of drug-likeness (QED) is 0.370. The van der Waals surface area contributed by atoms with Gasteiger partial charge in [-0.2, -0.15) is 0 Å². The van der Waals surface area contributed by atoms with Crippen LogP contribution in [0.5, 0.6) is 0 Å². The summed E-state index contributed by atoms with van der Waals surface area (Å²) in [6, 6.07) is 15.4. The van der Waals surface area contributed by atoms with Gasteiger partial charge in [-0.05, 0) is 60.4 Å². The summed E-state index contributed by atoms with van der Waals surface area (Å²) in [6.45, 7) is 4.32. The van der Waals surface area contributed by atoms with Gasteiger partial charge >= 0.3 is 0 Å². The van der Waals surface area contributed by atoms with Gasteiger partial charge in [-0.25, -0.2) is 0 Å². The average molecular weight is 552 g/mol. The summed E-state index contributed by atoms with van der Waals surface area (Å²) in [5, 5.41) is 0.652. The number of aromatic nitrogens is 1. The Kier molecular flexibility index (Phi) is 6.84. The molecule has 2 aromatic carbocycles. The van der Waals surface area contributed by atoms with E-state index in [2.05, 4.69) is 22.9 Å². The first-order chi connectivity index (χ1) is 16.9. The van der Waals surface area contributed by atoms with Crippen molar-refractivity contribution in [2.45, 2.75) is 32.9 Å². The van der Waals surface area contributed by atoms with E-state index in [1.807, 2.05) is 64.2 Å². The lowest BCUT2D eigenvalue weighted by Gasteiger charge is -2.30. The first-order valence-electron chi connectivity index (χ1n) is 11.7. The van der Waals surface area contributed by atoms with Gasteiger partial charge in [0, 0.05) is 40.2 Å². The zero-order valence-electron chi connectivity index (χ0n) is 19.4. The molecule has 2 aliphatic heterocycles. The molecule has 2 saturated heterocycles. The van der Waals surface area contributed by atoms with Gasteiger partial charge in [0.1, 0.15) is 6.54 Å². The molecule has 8 heteroatoms. The molecule has 0 radical (unpaired) electrons. The number of hydrogen-bond donors (Lipinski definition) is 0. The summed E-state index contributed by atoms with van der Waals surface area (Å²) in [7, 11) is 0. The molecule has 2 fully saturated rings. The van der Waals surface area contributed by atoms with Crippen LogP contribution in [0.2, 0.25) is 0 Å². The summed E-state index contributed by atoms with van der Waals surface area (Å²) in [4.78, 5) is 42.3. The maximum Gasteiger partial charge on any atom is 0.293 e. The van der Waals surface area contributed by atoms with Crippen LogP contribution in [-0.4, -0.2) is 44.5 Å². The van der Waals surface area contributed by atoms with Crippen molar-refractivity contribution in [2.75, 3.05) is 13.1 Å². The fourth-order valence-electron chi connectivity index (χ4n) is 4.59. The van der Waals surface area contributed by atoms with Crippen LogP contribution in [0.15, 0.2) is 64.1 Å². The third kappa shape index (κ3) is 5.09. The maximum absolute atomic E-state index is 13.1. The van der Waals surface area contributed by atoms with E-state index in [1.165, 1.54) is 4.90 Å². The number of thioether (sulfide) groups is 1. The van der Waals surface area contributed by atoms with Crippen molar-refractivity contribution in [3.05, 3.63) is 75.2 Å². The molecule has 0 atom stereocenters. The highest BCUT2D eigenvalue weighted by Crippen LogP contribution is 2.35. The molecule has 3 heterocycles. The Hall–Kier alpha value is -2.84. The zero-order valence-corrected chi connectivity index (χ0v) is 21.8. The standard InChI is InChI=1S/C27H26BrN3O3S/c1-18-9-11-29(12-10-18)25(32)17-30-16-20(22-14-21(28)7-8-23(22)30)13-24-26(33)31(27(34)35-24)15-19-5-3-2-4-6-19/h2-8,13-14,16,18H,9-12,15,17H2,1H3/b24-13-. The number of nitrogens with zero attached hydrogens (tertiary/aromatic N) is 3. The molecular weight excluding hydrogens is 526 g/mol. The van der Waals surface area contributed by atoms with Crippen LogP contribution in [0.3, 0.4) is 0 Å². The predicted molar refractivity (Wildman–Crippen MR) is 143 cm³/mol. The van der Waals surface area contributed by atoms with Crippen LogP contribution in [-0.2, 0) is 22.7 Å². The number of likely N-dealkylation sites (tertiary alicyclic amines) is 1. The van der Waals surface area contributed by atoms with Crippen molar-refractivity contribution in [2.24, 2.45) is 5.92 Å². The molecule has 6 nitrogen and oxygen atoms in total. The number of fused-ring (bicyclic) bond motifs is 1. The number of carbonyl (C=O) groups is 3. The monoisotopic (exact) mass is 551 g/mol. The molecule has 0 bridgehead atoms. The molecule has 3 amide bonds. The summed E-state index contributed by atoms with van der Waals surface area (Å²) >= 11 is 4.49. The zero-order chi connectivity index (χ0) is 24.5. The summed E-state index contributed by atoms with van der Waals surface area (Å²) in [5.41, 5.74) is 2.63. The van der Waals surface area contributed by atoms with Gasteiger partial charge in [0.25, 0.3) is 11.1 Å². The molecule has 180 valence electrons. The second-order valence-corrected chi connectivity index (χ2v) is 11.1. The lowest BCUT2D eigenvalue weighted by molar-refractivity contribution is -0.133. The van der Waals surface area contributed by atoms with Crippen molar-refractivity contribution >= 4 is 61.7 Å². The first kappa shape index (κ1) is 23.9. The Bertz CT molecular complexity index is 1330. The Morgan fingerprint density at radius 2 is 1.86 bits per heavy atom. The highest BCUT2D eigenvalue weighted by atomic mass is 79.9. The molecule has 0 spiro atoms. The molecule has 0 unspecified atom stereocenters. The lowest BCUT2D eigenvalue weighted by atomic mass is 9.99. The van der Waals surface area contributed by atoms with Crippen LogP contribution >= 0.6 is 27.7 Å². The maximum atomic E-state index is 13.1. The Morgan fingerprint density at radius 1 is 1.11 bits per heavy atom. The minimum atomic E-state index is -0.293. The minimum Gasteiger partial charge on any atom is -0.341 e. The lowest BCUT2D eigenvalue weighted by Crippen LogP contribution is -2.39. The fraction of sp³-hybridized carbons (Fsp3) is 0.296. The number of imide groups is 1. The van der Waals surface area contributed by atoms with Crippen LogP contribution in [0.4, 0.5) is 4.79 Å². The van der Waals surface area contributed by atoms with E-state index in [1.54, 1.807) is 6.08 Å². The van der Waals surface area contributed by atoms with E-state index < -0.39 is 0 Å². The summed E-state index contributed by atoms with van der Waals surface area (Å²) in [6.07, 6.45) is 5.76. The Labute approximate surface area is 217 Å². The molecule has 3 aromatic rings. The van der Waals surface area contributed by atoms with Crippen molar-refractivity contribution in [1.29, 1.82) is 0 Å². The molecule has 0 aliphatic carbocycles. The van der Waals surface area contributed by atoms with Gasteiger partial charge in [-0.1, -0.05) is 53.2 Å². The third-order valence-electron chi connectivity index (χ3n) is 6.66. The Balaban J connectivity index is 1.42. The van der Waals surface area contributed by atoms with Crippen molar-refractivity contribution in [3.8, 4) is 0 Å². The first-order valence-corrected chi connectivity index (χ1v) is 13.4. The molecule has 2 aliphatic rings. The number of carbonyl (C=O) groups excluding carboxylic acids is 3. The van der Waals surface area contributed by atoms with E-state index >= 15 is 0 Å². The third-order valence-corrected chi connectivity index (χ3v) is 8.06. The van der Waals surface area contributed by atoms with E-state index in [4.69, 9.17) is 0 Å². The number of piperidine rings is 1. The molecular formula is C27H26BrN3O3S. The SMILES string of the molecule is CC1CCN(C(=O)Cn2cc(/C=C3\SC(=O)N(Cc4ccccc4)C3=O)c3cc(Br)ccc32)CC1. The van der Waals surface area contributed by atoms with Gasteiger partial charge < -0.3 is 9.47 Å². The largest absolute Gasteiger partial charge is 0.341 e. The van der Waals surface area contributed by atoms with Gasteiger partial charge in [-0.3, -0.25) is 19.3 Å². The molecule has 0 saturated carbocycles. The topological polar surface area (TPSA) is 62.6 Å². The van der Waals surface area contributed by atoms with Gasteiger partial charge in [0.2, 0.25) is 5.91 Å². The highest BCUT2D eigenvalue weighted by Gasteiger charge is 2.35. The van der Waals surface area contributed by atoms with Crippen LogP contribution in [0, 0.1) is 5.92 Å². The normalized spacial score (nSPS) is 18.3. The average Bonchev–Trinajstić information content (AvgIpc) is 3.31. The van der Waals surface area contributed by atoms with E-state index in [0.717, 1.165) is 64.2 Å². The van der Waals surface area contributed by atoms with Gasteiger partial charge in [-0.15, -0.1) is 0 Å². The predicted octanol–water partition coefficient (Wildman–Crippen LogP) is 5.90. The van der Waals surface area contributed by atoms with Gasteiger partial charge in [0.15, 0.2) is 0 Å². The van der Waals surface area contributed by atoms with Crippen molar-refractivity contribution in [3.63, 3.8) is 0 Å². The smallest absolute Gasteiger partial charge is 0.293 e. The minimum absolute atomic E-state index is 0.103. The second-order valence-electron chi connectivity index (χ2n) is 9.19. The van der Waals surface area contributed by atoms with E-state index in [-0.39, 0.29) is 30.1 Å². The van der Waals surface area contributed by atoms with E-state index in [0.29, 0.717) is 10.8 Å².